The Balaban J connectivity index is 1.38. The Morgan fingerprint density at radius 1 is 0.771 bits per heavy atom. The third-order valence-corrected chi connectivity index (χ3v) is 5.40. The molecule has 0 radical (unpaired) electrons. The van der Waals surface area contributed by atoms with Crippen molar-refractivity contribution in [2.75, 3.05) is 5.32 Å². The summed E-state index contributed by atoms with van der Waals surface area (Å²) < 4.78 is 11.7. The molecule has 7 nitrogen and oxygen atoms in total. The SMILES string of the molecule is Cc1ccc(-n2nc3ccc(NC(=O)C(Oc4ccccc4)Oc4ccccc4)cc3n2)c(C)c1. The maximum Gasteiger partial charge on any atom is 0.321 e. The third kappa shape index (κ3) is 5.14. The smallest absolute Gasteiger partial charge is 0.321 e. The number of carbonyl (C=O) groups is 1. The van der Waals surface area contributed by atoms with Crippen LogP contribution in [-0.4, -0.2) is 27.2 Å². The monoisotopic (exact) mass is 464 g/mol. The summed E-state index contributed by atoms with van der Waals surface area (Å²) in [5, 5.41) is 12.1. The average molecular weight is 465 g/mol. The van der Waals surface area contributed by atoms with Crippen molar-refractivity contribution in [3.05, 3.63) is 108 Å². The molecule has 0 unspecified atom stereocenters. The van der Waals surface area contributed by atoms with Gasteiger partial charge in [-0.1, -0.05) is 54.1 Å². The normalized spacial score (nSPS) is 10.9. The van der Waals surface area contributed by atoms with Crippen LogP contribution in [0.25, 0.3) is 16.7 Å². The number of hydrogen-bond acceptors (Lipinski definition) is 5. The van der Waals surface area contributed by atoms with E-state index in [1.165, 1.54) is 5.56 Å². The van der Waals surface area contributed by atoms with Gasteiger partial charge in [-0.05, 0) is 67.9 Å². The first kappa shape index (κ1) is 22.2. The third-order valence-electron chi connectivity index (χ3n) is 5.40. The molecule has 5 aromatic rings. The number of rotatable bonds is 7. The van der Waals surface area contributed by atoms with Gasteiger partial charge >= 0.3 is 12.2 Å². The van der Waals surface area contributed by atoms with Crippen molar-refractivity contribution >= 4 is 22.6 Å². The van der Waals surface area contributed by atoms with E-state index in [2.05, 4.69) is 28.5 Å². The molecule has 174 valence electrons. The van der Waals surface area contributed by atoms with E-state index in [4.69, 9.17) is 9.47 Å². The Labute approximate surface area is 202 Å². The summed E-state index contributed by atoms with van der Waals surface area (Å²) in [6.07, 6.45) is -1.19. The molecular weight excluding hydrogens is 440 g/mol. The zero-order chi connectivity index (χ0) is 24.2. The fourth-order valence-corrected chi connectivity index (χ4v) is 3.71. The first-order valence-electron chi connectivity index (χ1n) is 11.2. The van der Waals surface area contributed by atoms with Gasteiger partial charge in [0.25, 0.3) is 0 Å². The Morgan fingerprint density at radius 2 is 1.40 bits per heavy atom. The number of para-hydroxylation sites is 2. The molecule has 7 heteroatoms. The quantitative estimate of drug-likeness (QED) is 0.324. The van der Waals surface area contributed by atoms with Crippen LogP contribution in [0.3, 0.4) is 0 Å². The van der Waals surface area contributed by atoms with Crippen LogP contribution in [0.4, 0.5) is 5.69 Å². The van der Waals surface area contributed by atoms with Crippen LogP contribution >= 0.6 is 0 Å². The number of anilines is 1. The van der Waals surface area contributed by atoms with Crippen LogP contribution < -0.4 is 14.8 Å². The molecule has 0 saturated carbocycles. The largest absolute Gasteiger partial charge is 0.446 e. The molecule has 0 saturated heterocycles. The lowest BCUT2D eigenvalue weighted by Gasteiger charge is -2.20. The minimum absolute atomic E-state index is 0.446. The lowest BCUT2D eigenvalue weighted by Crippen LogP contribution is -2.38. The van der Waals surface area contributed by atoms with Crippen LogP contribution in [0.15, 0.2) is 97.1 Å². The number of carbonyl (C=O) groups excluding carboxylic acids is 1. The molecule has 5 rings (SSSR count). The van der Waals surface area contributed by atoms with Crippen molar-refractivity contribution in [2.45, 2.75) is 20.1 Å². The minimum Gasteiger partial charge on any atom is -0.446 e. The lowest BCUT2D eigenvalue weighted by atomic mass is 10.1. The molecule has 1 N–H and O–H groups in total. The molecule has 1 aromatic heterocycles. The molecular formula is C28H24N4O3. The molecule has 0 aliphatic rings. The number of benzene rings is 4. The van der Waals surface area contributed by atoms with Crippen LogP contribution in [0.5, 0.6) is 11.5 Å². The highest BCUT2D eigenvalue weighted by molar-refractivity contribution is 5.95. The van der Waals surface area contributed by atoms with Crippen molar-refractivity contribution < 1.29 is 14.3 Å². The van der Waals surface area contributed by atoms with E-state index in [1.54, 1.807) is 41.2 Å². The van der Waals surface area contributed by atoms with Crippen molar-refractivity contribution in [2.24, 2.45) is 0 Å². The summed E-state index contributed by atoms with van der Waals surface area (Å²) in [7, 11) is 0. The first-order valence-corrected chi connectivity index (χ1v) is 11.2. The lowest BCUT2D eigenvalue weighted by molar-refractivity contribution is -0.134. The zero-order valence-corrected chi connectivity index (χ0v) is 19.4. The summed E-state index contributed by atoms with van der Waals surface area (Å²) in [4.78, 5) is 14.8. The number of nitrogens with one attached hydrogen (secondary N) is 1. The molecule has 0 spiro atoms. The minimum atomic E-state index is -1.19. The van der Waals surface area contributed by atoms with Gasteiger partial charge in [0, 0.05) is 5.69 Å². The maximum atomic E-state index is 13.2. The fourth-order valence-electron chi connectivity index (χ4n) is 3.71. The van der Waals surface area contributed by atoms with E-state index in [1.807, 2.05) is 61.5 Å². The van der Waals surface area contributed by atoms with Gasteiger partial charge in [-0.3, -0.25) is 4.79 Å². The highest BCUT2D eigenvalue weighted by atomic mass is 16.7. The number of nitrogens with zero attached hydrogens (tertiary/aromatic N) is 3. The van der Waals surface area contributed by atoms with Crippen molar-refractivity contribution in [1.29, 1.82) is 0 Å². The predicted molar refractivity (Wildman–Crippen MR) is 135 cm³/mol. The molecule has 0 aliphatic heterocycles. The number of aromatic nitrogens is 3. The van der Waals surface area contributed by atoms with E-state index in [-0.39, 0.29) is 0 Å². The van der Waals surface area contributed by atoms with Crippen LogP contribution in [0, 0.1) is 13.8 Å². The molecule has 1 amide bonds. The van der Waals surface area contributed by atoms with Gasteiger partial charge in [-0.25, -0.2) is 0 Å². The van der Waals surface area contributed by atoms with Gasteiger partial charge in [-0.15, -0.1) is 10.2 Å². The van der Waals surface area contributed by atoms with Gasteiger partial charge in [0.1, 0.15) is 22.5 Å². The van der Waals surface area contributed by atoms with Gasteiger partial charge < -0.3 is 14.8 Å². The summed E-state index contributed by atoms with van der Waals surface area (Å²) in [5.74, 6) is 0.602. The number of fused-ring (bicyclic) bond motifs is 1. The number of amides is 1. The summed E-state index contributed by atoms with van der Waals surface area (Å²) in [6, 6.07) is 29.7. The van der Waals surface area contributed by atoms with Crippen molar-refractivity contribution in [1.82, 2.24) is 15.0 Å². The molecule has 0 fully saturated rings. The van der Waals surface area contributed by atoms with Gasteiger partial charge in [0.05, 0.1) is 5.69 Å². The number of ether oxygens (including phenoxy) is 2. The summed E-state index contributed by atoms with van der Waals surface area (Å²) in [6.45, 7) is 4.08. The average Bonchev–Trinajstić information content (AvgIpc) is 3.28. The molecule has 4 aromatic carbocycles. The number of hydrogen-bond donors (Lipinski definition) is 1. The van der Waals surface area contributed by atoms with Crippen molar-refractivity contribution in [3.8, 4) is 17.2 Å². The Kier molecular flexibility index (Phi) is 6.13. The van der Waals surface area contributed by atoms with Gasteiger partial charge in [0.15, 0.2) is 0 Å². The molecule has 0 aliphatic carbocycles. The van der Waals surface area contributed by atoms with E-state index < -0.39 is 12.2 Å². The second kappa shape index (κ2) is 9.69. The predicted octanol–water partition coefficient (Wildman–Crippen LogP) is 5.46. The van der Waals surface area contributed by atoms with E-state index in [9.17, 15) is 4.79 Å². The van der Waals surface area contributed by atoms with Crippen molar-refractivity contribution in [3.63, 3.8) is 0 Å². The van der Waals surface area contributed by atoms with Crippen LogP contribution in [0.1, 0.15) is 11.1 Å². The Hall–Kier alpha value is -4.65. The standard InChI is InChI=1S/C28H24N4O3/c1-19-13-16-26(20(2)17-19)32-30-24-15-14-21(18-25(24)31-32)29-27(33)28(34-22-9-5-3-6-10-22)35-23-11-7-4-8-12-23/h3-18,28H,1-2H3,(H,29,33). The summed E-state index contributed by atoms with van der Waals surface area (Å²) in [5.41, 5.74) is 5.11. The van der Waals surface area contributed by atoms with Crippen LogP contribution in [0.2, 0.25) is 0 Å². The topological polar surface area (TPSA) is 78.3 Å². The molecule has 1 heterocycles. The van der Waals surface area contributed by atoms with E-state index in [0.29, 0.717) is 22.7 Å². The van der Waals surface area contributed by atoms with Gasteiger partial charge in [0.2, 0.25) is 0 Å². The second-order valence-corrected chi connectivity index (χ2v) is 8.17. The highest BCUT2D eigenvalue weighted by Crippen LogP contribution is 2.21. The molecule has 35 heavy (non-hydrogen) atoms. The van der Waals surface area contributed by atoms with Gasteiger partial charge in [-0.2, -0.15) is 4.80 Å². The van der Waals surface area contributed by atoms with E-state index >= 15 is 0 Å². The maximum absolute atomic E-state index is 13.2. The Morgan fingerprint density at radius 3 is 2.03 bits per heavy atom. The highest BCUT2D eigenvalue weighted by Gasteiger charge is 2.23. The summed E-state index contributed by atoms with van der Waals surface area (Å²) >= 11 is 0. The Bertz CT molecular complexity index is 1420. The fraction of sp³-hybridized carbons (Fsp3) is 0.107. The molecule has 0 atom stereocenters. The number of aryl methyl sites for hydroxylation is 2. The zero-order valence-electron chi connectivity index (χ0n) is 19.4. The second-order valence-electron chi connectivity index (χ2n) is 8.17. The molecule has 0 bridgehead atoms. The first-order chi connectivity index (χ1) is 17.0. The van der Waals surface area contributed by atoms with Crippen LogP contribution in [-0.2, 0) is 4.79 Å². The van der Waals surface area contributed by atoms with E-state index in [0.717, 1.165) is 16.8 Å².